The minimum absolute atomic E-state index is 1.00. The van der Waals surface area contributed by atoms with E-state index in [9.17, 15) is 0 Å². The Balaban J connectivity index is 1.48. The first kappa shape index (κ1) is 13.7. The Morgan fingerprint density at radius 3 is 2.50 bits per heavy atom. The highest BCUT2D eigenvalue weighted by atomic mass is 32.1. The zero-order valence-electron chi connectivity index (χ0n) is 12.0. The lowest BCUT2D eigenvalue weighted by molar-refractivity contribution is 0.121. The van der Waals surface area contributed by atoms with Gasteiger partial charge in [0.2, 0.25) is 0 Å². The van der Waals surface area contributed by atoms with Crippen molar-refractivity contribution >= 4 is 11.3 Å². The number of piperazine rings is 1. The van der Waals surface area contributed by atoms with Gasteiger partial charge < -0.3 is 0 Å². The molecule has 4 heteroatoms. The third-order valence-electron chi connectivity index (χ3n) is 3.82. The molecule has 2 aromatic rings. The van der Waals surface area contributed by atoms with Crippen molar-refractivity contribution in [3.63, 3.8) is 0 Å². The molecule has 1 aromatic heterocycles. The van der Waals surface area contributed by atoms with Crippen LogP contribution in [-0.4, -0.2) is 41.0 Å². The van der Waals surface area contributed by atoms with Crippen molar-refractivity contribution in [2.75, 3.05) is 26.2 Å². The third-order valence-corrected chi connectivity index (χ3v) is 4.46. The highest BCUT2D eigenvalue weighted by Crippen LogP contribution is 2.12. The number of aryl methyl sites for hydroxylation is 1. The molecule has 2 heterocycles. The number of nitrogens with zero attached hydrogens (tertiary/aromatic N) is 3. The van der Waals surface area contributed by atoms with Gasteiger partial charge in [-0.1, -0.05) is 29.8 Å². The third kappa shape index (κ3) is 3.66. The maximum atomic E-state index is 4.37. The quantitative estimate of drug-likeness (QED) is 0.862. The fourth-order valence-electron chi connectivity index (χ4n) is 2.72. The van der Waals surface area contributed by atoms with Crippen molar-refractivity contribution in [1.29, 1.82) is 0 Å². The summed E-state index contributed by atoms with van der Waals surface area (Å²) in [5.74, 6) is 0. The molecular weight excluding hydrogens is 266 g/mol. The maximum absolute atomic E-state index is 4.37. The van der Waals surface area contributed by atoms with Crippen molar-refractivity contribution in [1.82, 2.24) is 14.8 Å². The first-order valence-electron chi connectivity index (χ1n) is 7.17. The lowest BCUT2D eigenvalue weighted by Crippen LogP contribution is -2.45. The van der Waals surface area contributed by atoms with E-state index < -0.39 is 0 Å². The van der Waals surface area contributed by atoms with Gasteiger partial charge in [-0.15, -0.1) is 11.3 Å². The predicted molar refractivity (Wildman–Crippen MR) is 83.8 cm³/mol. The van der Waals surface area contributed by atoms with Crippen LogP contribution < -0.4 is 0 Å². The molecule has 0 bridgehead atoms. The summed E-state index contributed by atoms with van der Waals surface area (Å²) in [4.78, 5) is 9.42. The standard InChI is InChI=1S/C16H21N3S/c1-14-3-2-4-15(9-14)10-18-5-7-19(8-6-18)11-16-12-20-13-17-16/h2-4,9,12-13H,5-8,10-11H2,1H3. The average molecular weight is 287 g/mol. The maximum Gasteiger partial charge on any atom is 0.0795 e. The first-order valence-corrected chi connectivity index (χ1v) is 8.11. The van der Waals surface area contributed by atoms with Gasteiger partial charge in [0, 0.05) is 44.6 Å². The van der Waals surface area contributed by atoms with Crippen molar-refractivity contribution < 1.29 is 0 Å². The molecule has 0 radical (unpaired) electrons. The van der Waals surface area contributed by atoms with Crippen LogP contribution in [0.4, 0.5) is 0 Å². The van der Waals surface area contributed by atoms with E-state index in [-0.39, 0.29) is 0 Å². The van der Waals surface area contributed by atoms with E-state index in [2.05, 4.69) is 51.4 Å². The largest absolute Gasteiger partial charge is 0.297 e. The molecule has 1 aliphatic heterocycles. The second kappa shape index (κ2) is 6.48. The summed E-state index contributed by atoms with van der Waals surface area (Å²) < 4.78 is 0. The molecule has 0 amide bonds. The Kier molecular flexibility index (Phi) is 4.45. The molecule has 0 atom stereocenters. The monoisotopic (exact) mass is 287 g/mol. The van der Waals surface area contributed by atoms with Crippen molar-refractivity contribution in [2.24, 2.45) is 0 Å². The van der Waals surface area contributed by atoms with Crippen molar-refractivity contribution in [2.45, 2.75) is 20.0 Å². The van der Waals surface area contributed by atoms with Crippen LogP contribution in [0.5, 0.6) is 0 Å². The van der Waals surface area contributed by atoms with Gasteiger partial charge in [0.05, 0.1) is 11.2 Å². The summed E-state index contributed by atoms with van der Waals surface area (Å²) >= 11 is 1.68. The van der Waals surface area contributed by atoms with E-state index in [4.69, 9.17) is 0 Å². The molecule has 1 saturated heterocycles. The van der Waals surface area contributed by atoms with Gasteiger partial charge in [-0.3, -0.25) is 9.80 Å². The van der Waals surface area contributed by atoms with Gasteiger partial charge in [-0.2, -0.15) is 0 Å². The average Bonchev–Trinajstić information content (AvgIpc) is 2.94. The molecule has 0 N–H and O–H groups in total. The van der Waals surface area contributed by atoms with E-state index in [0.29, 0.717) is 0 Å². The zero-order chi connectivity index (χ0) is 13.8. The van der Waals surface area contributed by atoms with E-state index in [1.54, 1.807) is 11.3 Å². The Hall–Kier alpha value is -1.23. The molecule has 1 aromatic carbocycles. The normalized spacial score (nSPS) is 17.4. The number of hydrogen-bond acceptors (Lipinski definition) is 4. The highest BCUT2D eigenvalue weighted by molar-refractivity contribution is 7.07. The summed E-state index contributed by atoms with van der Waals surface area (Å²) in [7, 11) is 0. The SMILES string of the molecule is Cc1cccc(CN2CCN(Cc3cscn3)CC2)c1. The molecule has 0 unspecified atom stereocenters. The Bertz CT molecular complexity index is 530. The molecule has 0 aliphatic carbocycles. The molecule has 106 valence electrons. The molecule has 0 saturated carbocycles. The van der Waals surface area contributed by atoms with Gasteiger partial charge in [-0.05, 0) is 12.5 Å². The Morgan fingerprint density at radius 2 is 1.85 bits per heavy atom. The number of aromatic nitrogens is 1. The number of hydrogen-bond donors (Lipinski definition) is 0. The van der Waals surface area contributed by atoms with Gasteiger partial charge >= 0.3 is 0 Å². The van der Waals surface area contributed by atoms with Crippen LogP contribution in [0.15, 0.2) is 35.2 Å². The molecule has 1 fully saturated rings. The highest BCUT2D eigenvalue weighted by Gasteiger charge is 2.17. The van der Waals surface area contributed by atoms with E-state index in [1.165, 1.54) is 16.8 Å². The van der Waals surface area contributed by atoms with Gasteiger partial charge in [0.1, 0.15) is 0 Å². The Morgan fingerprint density at radius 1 is 1.10 bits per heavy atom. The van der Waals surface area contributed by atoms with Crippen LogP contribution >= 0.6 is 11.3 Å². The lowest BCUT2D eigenvalue weighted by Gasteiger charge is -2.34. The summed E-state index contributed by atoms with van der Waals surface area (Å²) in [5.41, 5.74) is 5.91. The summed E-state index contributed by atoms with van der Waals surface area (Å²) in [6, 6.07) is 8.84. The Labute approximate surface area is 124 Å². The summed E-state index contributed by atoms with van der Waals surface area (Å²) in [6.07, 6.45) is 0. The molecule has 3 nitrogen and oxygen atoms in total. The van der Waals surface area contributed by atoms with Crippen LogP contribution in [0.25, 0.3) is 0 Å². The molecule has 3 rings (SSSR count). The summed E-state index contributed by atoms with van der Waals surface area (Å²) in [5, 5.41) is 2.15. The zero-order valence-corrected chi connectivity index (χ0v) is 12.8. The van der Waals surface area contributed by atoms with E-state index >= 15 is 0 Å². The van der Waals surface area contributed by atoms with Crippen LogP contribution in [0.2, 0.25) is 0 Å². The van der Waals surface area contributed by atoms with Crippen molar-refractivity contribution in [3.8, 4) is 0 Å². The fourth-order valence-corrected chi connectivity index (χ4v) is 3.27. The predicted octanol–water partition coefficient (Wildman–Crippen LogP) is 2.77. The lowest BCUT2D eigenvalue weighted by atomic mass is 10.1. The van der Waals surface area contributed by atoms with Gasteiger partial charge in [-0.25, -0.2) is 4.98 Å². The number of thiazole rings is 1. The van der Waals surface area contributed by atoms with Crippen LogP contribution in [0, 0.1) is 6.92 Å². The van der Waals surface area contributed by atoms with Crippen LogP contribution in [0.1, 0.15) is 16.8 Å². The minimum Gasteiger partial charge on any atom is -0.297 e. The number of rotatable bonds is 4. The topological polar surface area (TPSA) is 19.4 Å². The second-order valence-corrected chi connectivity index (χ2v) is 6.24. The summed E-state index contributed by atoms with van der Waals surface area (Å²) in [6.45, 7) is 8.83. The van der Waals surface area contributed by atoms with E-state index in [0.717, 1.165) is 39.3 Å². The van der Waals surface area contributed by atoms with E-state index in [1.807, 2.05) is 5.51 Å². The second-order valence-electron chi connectivity index (χ2n) is 5.52. The molecule has 0 spiro atoms. The minimum atomic E-state index is 1.00. The van der Waals surface area contributed by atoms with Crippen LogP contribution in [-0.2, 0) is 13.1 Å². The first-order chi connectivity index (χ1) is 9.79. The molecular formula is C16H21N3S. The van der Waals surface area contributed by atoms with Gasteiger partial charge in [0.15, 0.2) is 0 Å². The van der Waals surface area contributed by atoms with Crippen LogP contribution in [0.3, 0.4) is 0 Å². The van der Waals surface area contributed by atoms with Crippen molar-refractivity contribution in [3.05, 3.63) is 52.0 Å². The fraction of sp³-hybridized carbons (Fsp3) is 0.438. The molecule has 20 heavy (non-hydrogen) atoms. The van der Waals surface area contributed by atoms with Gasteiger partial charge in [0.25, 0.3) is 0 Å². The molecule has 1 aliphatic rings. The smallest absolute Gasteiger partial charge is 0.0795 e. The number of benzene rings is 1.